The van der Waals surface area contributed by atoms with E-state index in [1.807, 2.05) is 6.92 Å². The van der Waals surface area contributed by atoms with Gasteiger partial charge in [0.1, 0.15) is 0 Å². The summed E-state index contributed by atoms with van der Waals surface area (Å²) in [4.78, 5) is 12.6. The average Bonchev–Trinajstić information content (AvgIpc) is 3.20. The molecule has 1 aliphatic carbocycles. The minimum absolute atomic E-state index is 0.0396. The fraction of sp³-hybridized carbons (Fsp3) is 0.435. The van der Waals surface area contributed by atoms with Crippen LogP contribution < -0.4 is 10.0 Å². The lowest BCUT2D eigenvalue weighted by atomic mass is 9.83. The van der Waals surface area contributed by atoms with Gasteiger partial charge < -0.3 is 14.8 Å². The second-order valence-electron chi connectivity index (χ2n) is 8.30. The number of aryl methyl sites for hydroxylation is 1. The minimum Gasteiger partial charge on any atom is -0.348 e. The SMILES string of the molecule is Cc1ccc(S(=O)(=O)Nc2ccc(NC(=O)CC3CCC4(CC3)OCCO4)cc2)cc1. The van der Waals surface area contributed by atoms with Gasteiger partial charge in [-0.05, 0) is 62.1 Å². The van der Waals surface area contributed by atoms with Gasteiger partial charge in [0, 0.05) is 30.6 Å². The summed E-state index contributed by atoms with van der Waals surface area (Å²) < 4.78 is 39.0. The molecule has 0 radical (unpaired) electrons. The van der Waals surface area contributed by atoms with Crippen molar-refractivity contribution in [3.63, 3.8) is 0 Å². The van der Waals surface area contributed by atoms with Gasteiger partial charge in [0.15, 0.2) is 5.79 Å². The number of sulfonamides is 1. The fourth-order valence-electron chi connectivity index (χ4n) is 4.13. The van der Waals surface area contributed by atoms with Gasteiger partial charge in [-0.2, -0.15) is 0 Å². The lowest BCUT2D eigenvalue weighted by molar-refractivity contribution is -0.183. The Bertz CT molecular complexity index is 1000. The number of ether oxygens (including phenoxy) is 2. The van der Waals surface area contributed by atoms with Crippen molar-refractivity contribution in [2.75, 3.05) is 23.3 Å². The maximum atomic E-state index is 12.5. The number of nitrogens with one attached hydrogen (secondary N) is 2. The van der Waals surface area contributed by atoms with E-state index in [1.54, 1.807) is 48.5 Å². The van der Waals surface area contributed by atoms with Gasteiger partial charge in [-0.1, -0.05) is 17.7 Å². The number of carbonyl (C=O) groups excluding carboxylic acids is 1. The maximum Gasteiger partial charge on any atom is 0.261 e. The van der Waals surface area contributed by atoms with Crippen molar-refractivity contribution < 1.29 is 22.7 Å². The Hall–Kier alpha value is -2.42. The second kappa shape index (κ2) is 8.98. The number of hydrogen-bond acceptors (Lipinski definition) is 5. The highest BCUT2D eigenvalue weighted by Gasteiger charge is 2.40. The zero-order valence-corrected chi connectivity index (χ0v) is 18.4. The van der Waals surface area contributed by atoms with Crippen LogP contribution in [0.3, 0.4) is 0 Å². The number of amides is 1. The lowest BCUT2D eigenvalue weighted by Crippen LogP contribution is -2.36. The summed E-state index contributed by atoms with van der Waals surface area (Å²) >= 11 is 0. The van der Waals surface area contributed by atoms with Crippen molar-refractivity contribution in [3.05, 3.63) is 54.1 Å². The molecular formula is C23H28N2O5S. The Morgan fingerprint density at radius 2 is 1.55 bits per heavy atom. The van der Waals surface area contributed by atoms with E-state index in [0.29, 0.717) is 36.9 Å². The zero-order valence-electron chi connectivity index (χ0n) is 17.6. The molecule has 2 aliphatic rings. The first-order chi connectivity index (χ1) is 14.8. The van der Waals surface area contributed by atoms with Crippen LogP contribution in [0.2, 0.25) is 0 Å². The van der Waals surface area contributed by atoms with Gasteiger partial charge in [-0.3, -0.25) is 9.52 Å². The van der Waals surface area contributed by atoms with Crippen molar-refractivity contribution in [1.82, 2.24) is 0 Å². The van der Waals surface area contributed by atoms with E-state index in [9.17, 15) is 13.2 Å². The van der Waals surface area contributed by atoms with Crippen molar-refractivity contribution in [2.24, 2.45) is 5.92 Å². The van der Waals surface area contributed by atoms with Crippen LogP contribution in [-0.4, -0.2) is 33.3 Å². The smallest absolute Gasteiger partial charge is 0.261 e. The predicted molar refractivity (Wildman–Crippen MR) is 118 cm³/mol. The number of anilines is 2. The molecule has 0 bridgehead atoms. The molecule has 2 aromatic carbocycles. The summed E-state index contributed by atoms with van der Waals surface area (Å²) in [7, 11) is -3.65. The Balaban J connectivity index is 1.28. The molecule has 1 saturated heterocycles. The van der Waals surface area contributed by atoms with E-state index < -0.39 is 15.8 Å². The first-order valence-electron chi connectivity index (χ1n) is 10.6. The predicted octanol–water partition coefficient (Wildman–Crippen LogP) is 4.06. The van der Waals surface area contributed by atoms with Crippen molar-refractivity contribution in [1.29, 1.82) is 0 Å². The monoisotopic (exact) mass is 444 g/mol. The van der Waals surface area contributed by atoms with E-state index in [0.717, 1.165) is 31.2 Å². The zero-order chi connectivity index (χ0) is 21.9. The molecule has 0 unspecified atom stereocenters. The summed E-state index contributed by atoms with van der Waals surface area (Å²) in [6.07, 6.45) is 3.94. The molecule has 8 heteroatoms. The summed E-state index contributed by atoms with van der Waals surface area (Å²) in [5, 5.41) is 2.90. The molecule has 1 amide bonds. The highest BCUT2D eigenvalue weighted by Crippen LogP contribution is 2.39. The van der Waals surface area contributed by atoms with Crippen LogP contribution in [-0.2, 0) is 24.3 Å². The lowest BCUT2D eigenvalue weighted by Gasteiger charge is -2.35. The summed E-state index contributed by atoms with van der Waals surface area (Å²) in [5.74, 6) is -0.129. The van der Waals surface area contributed by atoms with Crippen LogP contribution in [0.15, 0.2) is 53.4 Å². The average molecular weight is 445 g/mol. The van der Waals surface area contributed by atoms with E-state index in [-0.39, 0.29) is 10.8 Å². The van der Waals surface area contributed by atoms with Crippen LogP contribution in [0, 0.1) is 12.8 Å². The normalized spacial score (nSPS) is 18.7. The molecule has 0 aromatic heterocycles. The maximum absolute atomic E-state index is 12.5. The third kappa shape index (κ3) is 5.44. The number of hydrogen-bond donors (Lipinski definition) is 2. The minimum atomic E-state index is -3.65. The standard InChI is InChI=1S/C23H28N2O5S/c1-17-2-8-21(9-3-17)31(27,28)25-20-6-4-19(5-7-20)24-22(26)16-18-10-12-23(13-11-18)29-14-15-30-23/h2-9,18,25H,10-16H2,1H3,(H,24,26). The molecule has 2 fully saturated rings. The van der Waals surface area contributed by atoms with Crippen molar-refractivity contribution in [2.45, 2.75) is 49.7 Å². The molecule has 1 aliphatic heterocycles. The van der Waals surface area contributed by atoms with E-state index >= 15 is 0 Å². The fourth-order valence-corrected chi connectivity index (χ4v) is 5.19. The van der Waals surface area contributed by atoms with Crippen LogP contribution in [0.25, 0.3) is 0 Å². The second-order valence-corrected chi connectivity index (χ2v) is 9.98. The van der Waals surface area contributed by atoms with Gasteiger partial charge in [0.05, 0.1) is 18.1 Å². The van der Waals surface area contributed by atoms with Gasteiger partial charge in [-0.25, -0.2) is 8.42 Å². The third-order valence-electron chi connectivity index (χ3n) is 5.91. The van der Waals surface area contributed by atoms with Crippen molar-refractivity contribution in [3.8, 4) is 0 Å². The number of benzene rings is 2. The molecule has 1 heterocycles. The molecule has 2 aromatic rings. The first kappa shape index (κ1) is 21.8. The quantitative estimate of drug-likeness (QED) is 0.701. The van der Waals surface area contributed by atoms with Crippen molar-refractivity contribution >= 4 is 27.3 Å². The first-order valence-corrected chi connectivity index (χ1v) is 12.1. The summed E-state index contributed by atoms with van der Waals surface area (Å²) in [6.45, 7) is 3.21. The number of rotatable bonds is 6. The summed E-state index contributed by atoms with van der Waals surface area (Å²) in [5.41, 5.74) is 2.07. The molecule has 1 saturated carbocycles. The Kier molecular flexibility index (Phi) is 6.31. The molecule has 0 atom stereocenters. The largest absolute Gasteiger partial charge is 0.348 e. The molecule has 2 N–H and O–H groups in total. The molecule has 4 rings (SSSR count). The van der Waals surface area contributed by atoms with E-state index in [2.05, 4.69) is 10.0 Å². The highest BCUT2D eigenvalue weighted by atomic mass is 32.2. The van der Waals surface area contributed by atoms with Gasteiger partial charge >= 0.3 is 0 Å². The molecular weight excluding hydrogens is 416 g/mol. The van der Waals surface area contributed by atoms with Crippen LogP contribution in [0.4, 0.5) is 11.4 Å². The molecule has 7 nitrogen and oxygen atoms in total. The van der Waals surface area contributed by atoms with Crippen LogP contribution in [0.5, 0.6) is 0 Å². The molecule has 1 spiro atoms. The Morgan fingerprint density at radius 1 is 0.968 bits per heavy atom. The Labute approximate surface area is 183 Å². The number of carbonyl (C=O) groups is 1. The Morgan fingerprint density at radius 3 is 2.16 bits per heavy atom. The highest BCUT2D eigenvalue weighted by molar-refractivity contribution is 7.92. The third-order valence-corrected chi connectivity index (χ3v) is 7.30. The topological polar surface area (TPSA) is 93.7 Å². The summed E-state index contributed by atoms with van der Waals surface area (Å²) in [6, 6.07) is 13.3. The van der Waals surface area contributed by atoms with Crippen LogP contribution in [0.1, 0.15) is 37.7 Å². The molecule has 166 valence electrons. The van der Waals surface area contributed by atoms with E-state index in [1.165, 1.54) is 0 Å². The van der Waals surface area contributed by atoms with Gasteiger partial charge in [-0.15, -0.1) is 0 Å². The molecule has 31 heavy (non-hydrogen) atoms. The van der Waals surface area contributed by atoms with Crippen LogP contribution >= 0.6 is 0 Å². The van der Waals surface area contributed by atoms with Gasteiger partial charge in [0.25, 0.3) is 10.0 Å². The van der Waals surface area contributed by atoms with Gasteiger partial charge in [0.2, 0.25) is 5.91 Å². The van der Waals surface area contributed by atoms with E-state index in [4.69, 9.17) is 9.47 Å².